The van der Waals surface area contributed by atoms with Gasteiger partial charge in [-0.05, 0) is 24.0 Å². The Morgan fingerprint density at radius 1 is 1.50 bits per heavy atom. The summed E-state index contributed by atoms with van der Waals surface area (Å²) >= 11 is 0. The number of carbonyl (C=O) groups excluding carboxylic acids is 2. The van der Waals surface area contributed by atoms with E-state index in [1.807, 2.05) is 12.2 Å². The average Bonchev–Trinajstić information content (AvgIpc) is 2.49. The monoisotopic (exact) mass is 162 g/mol. The minimum Gasteiger partial charge on any atom is -0.303 e. The summed E-state index contributed by atoms with van der Waals surface area (Å²) in [6.07, 6.45) is 6.87. The van der Waals surface area contributed by atoms with E-state index in [4.69, 9.17) is 0 Å². The lowest BCUT2D eigenvalue weighted by atomic mass is 9.95. The van der Waals surface area contributed by atoms with Crippen molar-refractivity contribution in [3.8, 4) is 0 Å². The van der Waals surface area contributed by atoms with Crippen molar-refractivity contribution >= 4 is 12.1 Å². The van der Waals surface area contributed by atoms with Crippen LogP contribution in [-0.4, -0.2) is 12.1 Å². The maximum absolute atomic E-state index is 11.3. The molecule has 1 unspecified atom stereocenters. The summed E-state index contributed by atoms with van der Waals surface area (Å²) in [5, 5.41) is 0. The third-order valence-electron chi connectivity index (χ3n) is 2.55. The van der Waals surface area contributed by atoms with Crippen molar-refractivity contribution in [2.75, 3.05) is 0 Å². The first-order valence-electron chi connectivity index (χ1n) is 4.21. The van der Waals surface area contributed by atoms with Gasteiger partial charge in [0.1, 0.15) is 6.29 Å². The Balaban J connectivity index is 2.39. The van der Waals surface area contributed by atoms with Gasteiger partial charge in [-0.3, -0.25) is 4.79 Å². The highest BCUT2D eigenvalue weighted by atomic mass is 16.1. The van der Waals surface area contributed by atoms with Gasteiger partial charge in [0, 0.05) is 12.3 Å². The molecule has 2 nitrogen and oxygen atoms in total. The fraction of sp³-hybridized carbons (Fsp3) is 0.400. The molecule has 12 heavy (non-hydrogen) atoms. The molecule has 2 aliphatic carbocycles. The van der Waals surface area contributed by atoms with Crippen molar-refractivity contribution in [3.63, 3.8) is 0 Å². The lowest BCUT2D eigenvalue weighted by molar-refractivity contribution is -0.115. The summed E-state index contributed by atoms with van der Waals surface area (Å²) in [5.74, 6) is 0.192. The van der Waals surface area contributed by atoms with Crippen LogP contribution in [0.2, 0.25) is 0 Å². The highest BCUT2D eigenvalue weighted by molar-refractivity contribution is 6.00. The summed E-state index contributed by atoms with van der Waals surface area (Å²) in [5.41, 5.74) is 1.87. The molecule has 0 saturated heterocycles. The molecule has 0 saturated carbocycles. The molecule has 0 bridgehead atoms. The Kier molecular flexibility index (Phi) is 1.68. The molecule has 1 atom stereocenters. The van der Waals surface area contributed by atoms with Crippen LogP contribution in [0, 0.1) is 5.92 Å². The Morgan fingerprint density at radius 3 is 3.08 bits per heavy atom. The fourth-order valence-corrected chi connectivity index (χ4v) is 1.91. The molecule has 0 amide bonds. The van der Waals surface area contributed by atoms with Crippen LogP contribution in [0.1, 0.15) is 19.3 Å². The van der Waals surface area contributed by atoms with Gasteiger partial charge in [-0.2, -0.15) is 0 Å². The summed E-state index contributed by atoms with van der Waals surface area (Å²) < 4.78 is 0. The number of hydrogen-bond donors (Lipinski definition) is 0. The van der Waals surface area contributed by atoms with Gasteiger partial charge in [0.05, 0.1) is 0 Å². The number of allylic oxidation sites excluding steroid dienone is 4. The van der Waals surface area contributed by atoms with Crippen LogP contribution in [-0.2, 0) is 9.59 Å². The van der Waals surface area contributed by atoms with E-state index in [1.54, 1.807) is 0 Å². The maximum atomic E-state index is 11.3. The van der Waals surface area contributed by atoms with Crippen LogP contribution < -0.4 is 0 Å². The molecule has 0 N–H and O–H groups in total. The number of carbonyl (C=O) groups is 2. The summed E-state index contributed by atoms with van der Waals surface area (Å²) in [7, 11) is 0. The van der Waals surface area contributed by atoms with E-state index in [0.29, 0.717) is 6.42 Å². The normalized spacial score (nSPS) is 27.7. The average molecular weight is 162 g/mol. The maximum Gasteiger partial charge on any atom is 0.162 e. The van der Waals surface area contributed by atoms with Crippen LogP contribution >= 0.6 is 0 Å². The number of aldehydes is 1. The Morgan fingerprint density at radius 2 is 2.33 bits per heavy atom. The number of hydrogen-bond acceptors (Lipinski definition) is 2. The molecule has 0 aliphatic heterocycles. The molecule has 2 heteroatoms. The van der Waals surface area contributed by atoms with E-state index >= 15 is 0 Å². The zero-order chi connectivity index (χ0) is 8.55. The molecule has 2 aliphatic rings. The van der Waals surface area contributed by atoms with E-state index in [-0.39, 0.29) is 11.7 Å². The van der Waals surface area contributed by atoms with Crippen LogP contribution in [0.5, 0.6) is 0 Å². The largest absolute Gasteiger partial charge is 0.303 e. The quantitative estimate of drug-likeness (QED) is 0.546. The molecule has 0 radical (unpaired) electrons. The Hall–Kier alpha value is -1.18. The molecular formula is C10H10O2. The summed E-state index contributed by atoms with van der Waals surface area (Å²) in [6, 6.07) is 0. The van der Waals surface area contributed by atoms with Gasteiger partial charge >= 0.3 is 0 Å². The van der Waals surface area contributed by atoms with Gasteiger partial charge in [-0.25, -0.2) is 0 Å². The van der Waals surface area contributed by atoms with Crippen molar-refractivity contribution < 1.29 is 9.59 Å². The molecule has 2 rings (SSSR count). The minimum atomic E-state index is -0.0134. The fourth-order valence-electron chi connectivity index (χ4n) is 1.91. The van der Waals surface area contributed by atoms with Crippen molar-refractivity contribution in [3.05, 3.63) is 23.3 Å². The van der Waals surface area contributed by atoms with Crippen LogP contribution in [0.25, 0.3) is 0 Å². The van der Waals surface area contributed by atoms with E-state index in [9.17, 15) is 9.59 Å². The predicted octanol–water partition coefficient (Wildman–Crippen LogP) is 1.42. The zero-order valence-corrected chi connectivity index (χ0v) is 6.75. The van der Waals surface area contributed by atoms with E-state index in [1.165, 1.54) is 0 Å². The lowest BCUT2D eigenvalue weighted by Gasteiger charge is -2.08. The van der Waals surface area contributed by atoms with E-state index in [0.717, 1.165) is 30.3 Å². The van der Waals surface area contributed by atoms with E-state index in [2.05, 4.69) is 0 Å². The van der Waals surface area contributed by atoms with Crippen molar-refractivity contribution in [2.45, 2.75) is 19.3 Å². The van der Waals surface area contributed by atoms with Crippen molar-refractivity contribution in [1.29, 1.82) is 0 Å². The first kappa shape index (κ1) is 7.47. The highest BCUT2D eigenvalue weighted by Crippen LogP contribution is 2.34. The second-order valence-corrected chi connectivity index (χ2v) is 3.24. The first-order chi connectivity index (χ1) is 5.83. The van der Waals surface area contributed by atoms with Gasteiger partial charge in [0.15, 0.2) is 5.78 Å². The van der Waals surface area contributed by atoms with Crippen molar-refractivity contribution in [2.24, 2.45) is 5.92 Å². The number of ketones is 1. The van der Waals surface area contributed by atoms with Crippen molar-refractivity contribution in [1.82, 2.24) is 0 Å². The van der Waals surface area contributed by atoms with Crippen LogP contribution in [0.3, 0.4) is 0 Å². The zero-order valence-electron chi connectivity index (χ0n) is 6.75. The molecule has 0 aromatic heterocycles. The van der Waals surface area contributed by atoms with Crippen LogP contribution in [0.4, 0.5) is 0 Å². The number of rotatable bonds is 1. The van der Waals surface area contributed by atoms with Gasteiger partial charge in [-0.15, -0.1) is 0 Å². The molecule has 0 aromatic rings. The third-order valence-corrected chi connectivity index (χ3v) is 2.55. The lowest BCUT2D eigenvalue weighted by Crippen LogP contribution is -2.06. The Bertz CT molecular complexity index is 297. The van der Waals surface area contributed by atoms with Gasteiger partial charge in [-0.1, -0.05) is 12.2 Å². The van der Waals surface area contributed by atoms with Crippen LogP contribution in [0.15, 0.2) is 23.3 Å². The second-order valence-electron chi connectivity index (χ2n) is 3.24. The standard InChI is InChI=1S/C10H10O2/c11-6-7-4-5-9-8(7)2-1-3-10(9)12/h1-2,6-7H,3-5H2. The topological polar surface area (TPSA) is 34.1 Å². The Labute approximate surface area is 71.0 Å². The van der Waals surface area contributed by atoms with Gasteiger partial charge < -0.3 is 4.79 Å². The smallest absolute Gasteiger partial charge is 0.162 e. The predicted molar refractivity (Wildman–Crippen MR) is 44.6 cm³/mol. The molecule has 0 aromatic carbocycles. The van der Waals surface area contributed by atoms with Gasteiger partial charge in [0.25, 0.3) is 0 Å². The molecule has 0 heterocycles. The second kappa shape index (κ2) is 2.70. The van der Waals surface area contributed by atoms with Gasteiger partial charge in [0.2, 0.25) is 0 Å². The summed E-state index contributed by atoms with van der Waals surface area (Å²) in [4.78, 5) is 21.9. The summed E-state index contributed by atoms with van der Waals surface area (Å²) in [6.45, 7) is 0. The highest BCUT2D eigenvalue weighted by Gasteiger charge is 2.28. The minimum absolute atomic E-state index is 0.0134. The number of Topliss-reactive ketones (excluding diaryl/α,β-unsaturated/α-hetero) is 1. The molecule has 0 fully saturated rings. The SMILES string of the molecule is O=CC1CCC2=C1C=CCC2=O. The van der Waals surface area contributed by atoms with E-state index < -0.39 is 0 Å². The third kappa shape index (κ3) is 0.951. The molecule has 62 valence electrons. The molecule has 0 spiro atoms. The first-order valence-corrected chi connectivity index (χ1v) is 4.21. The molecular weight excluding hydrogens is 152 g/mol.